The van der Waals surface area contributed by atoms with Gasteiger partial charge < -0.3 is 24.9 Å². The number of methoxy groups -OCH3 is 1. The standard InChI is InChI=1S/C16H27N3O3.HI/c1-15(2)11(9-13(15)21-5)19-14(17-4)18-10-16(3,20)12-7-6-8-22-12;/h6-8,11,13,20H,9-10H2,1-5H3,(H2,17,18,19);1H. The van der Waals surface area contributed by atoms with Gasteiger partial charge in [0.25, 0.3) is 0 Å². The summed E-state index contributed by atoms with van der Waals surface area (Å²) in [5.74, 6) is 1.19. The van der Waals surface area contributed by atoms with E-state index < -0.39 is 5.60 Å². The summed E-state index contributed by atoms with van der Waals surface area (Å²) in [6.07, 6.45) is 2.76. The fourth-order valence-corrected chi connectivity index (χ4v) is 2.82. The van der Waals surface area contributed by atoms with Crippen LogP contribution in [-0.2, 0) is 10.3 Å². The Bertz CT molecular complexity index is 515. The summed E-state index contributed by atoms with van der Waals surface area (Å²) in [7, 11) is 3.46. The van der Waals surface area contributed by atoms with Crippen molar-refractivity contribution in [3.05, 3.63) is 24.2 Å². The fraction of sp³-hybridized carbons (Fsp3) is 0.688. The number of rotatable bonds is 5. The highest BCUT2D eigenvalue weighted by Gasteiger charge is 2.49. The first-order valence-electron chi connectivity index (χ1n) is 7.57. The molecule has 0 radical (unpaired) electrons. The number of aliphatic imine (C=N–C) groups is 1. The molecule has 6 nitrogen and oxygen atoms in total. The zero-order chi connectivity index (χ0) is 16.4. The fourth-order valence-electron chi connectivity index (χ4n) is 2.82. The minimum Gasteiger partial charge on any atom is -0.466 e. The molecule has 3 unspecified atom stereocenters. The summed E-state index contributed by atoms with van der Waals surface area (Å²) in [6.45, 7) is 6.37. The minimum absolute atomic E-state index is 0. The van der Waals surface area contributed by atoms with Gasteiger partial charge in [-0.3, -0.25) is 4.99 Å². The first-order chi connectivity index (χ1) is 10.3. The second-order valence-corrected chi connectivity index (χ2v) is 6.66. The van der Waals surface area contributed by atoms with Crippen LogP contribution in [0.3, 0.4) is 0 Å². The third-order valence-electron chi connectivity index (χ3n) is 4.65. The number of guanidine groups is 1. The molecule has 3 N–H and O–H groups in total. The molecule has 7 heteroatoms. The van der Waals surface area contributed by atoms with E-state index in [-0.39, 0.29) is 41.5 Å². The van der Waals surface area contributed by atoms with Gasteiger partial charge in [0.05, 0.1) is 18.9 Å². The predicted molar refractivity (Wildman–Crippen MR) is 101 cm³/mol. The number of nitrogens with zero attached hydrogens (tertiary/aromatic N) is 1. The number of hydrogen-bond donors (Lipinski definition) is 3. The molecule has 2 rings (SSSR count). The molecule has 0 bridgehead atoms. The van der Waals surface area contributed by atoms with Crippen molar-refractivity contribution in [2.45, 2.75) is 44.9 Å². The van der Waals surface area contributed by atoms with Gasteiger partial charge in [0.1, 0.15) is 11.4 Å². The van der Waals surface area contributed by atoms with Gasteiger partial charge in [0, 0.05) is 25.6 Å². The van der Waals surface area contributed by atoms with E-state index in [0.717, 1.165) is 6.42 Å². The highest BCUT2D eigenvalue weighted by Crippen LogP contribution is 2.42. The van der Waals surface area contributed by atoms with Gasteiger partial charge in [-0.2, -0.15) is 0 Å². The lowest BCUT2D eigenvalue weighted by molar-refractivity contribution is -0.0923. The first kappa shape index (κ1) is 20.2. The molecule has 1 fully saturated rings. The number of nitrogens with one attached hydrogen (secondary N) is 2. The van der Waals surface area contributed by atoms with Crippen LogP contribution < -0.4 is 10.6 Å². The van der Waals surface area contributed by atoms with E-state index in [2.05, 4.69) is 29.5 Å². The molecule has 1 heterocycles. The normalized spacial score (nSPS) is 25.7. The van der Waals surface area contributed by atoms with Crippen LogP contribution in [-0.4, -0.2) is 43.9 Å². The lowest BCUT2D eigenvalue weighted by Crippen LogP contribution is -2.63. The summed E-state index contributed by atoms with van der Waals surface area (Å²) >= 11 is 0. The molecule has 3 atom stereocenters. The van der Waals surface area contributed by atoms with Crippen molar-refractivity contribution in [2.75, 3.05) is 20.7 Å². The zero-order valence-corrected chi connectivity index (χ0v) is 16.8. The molecule has 0 aliphatic heterocycles. The molecule has 23 heavy (non-hydrogen) atoms. The highest BCUT2D eigenvalue weighted by molar-refractivity contribution is 14.0. The molecule has 1 aliphatic carbocycles. The summed E-state index contributed by atoms with van der Waals surface area (Å²) in [5, 5.41) is 17.0. The van der Waals surface area contributed by atoms with Crippen LogP contribution in [0.15, 0.2) is 27.8 Å². The topological polar surface area (TPSA) is 79.0 Å². The Morgan fingerprint density at radius 2 is 2.26 bits per heavy atom. The van der Waals surface area contributed by atoms with Crippen molar-refractivity contribution < 1.29 is 14.3 Å². The van der Waals surface area contributed by atoms with Crippen molar-refractivity contribution >= 4 is 29.9 Å². The number of aliphatic hydroxyl groups is 1. The Labute approximate surface area is 155 Å². The average molecular weight is 437 g/mol. The van der Waals surface area contributed by atoms with Crippen LogP contribution in [0.2, 0.25) is 0 Å². The molecule has 0 amide bonds. The van der Waals surface area contributed by atoms with Crippen LogP contribution in [0, 0.1) is 5.41 Å². The van der Waals surface area contributed by atoms with Gasteiger partial charge in [0.15, 0.2) is 5.96 Å². The summed E-state index contributed by atoms with van der Waals surface area (Å²) < 4.78 is 10.7. The minimum atomic E-state index is -1.09. The first-order valence-corrected chi connectivity index (χ1v) is 7.57. The Morgan fingerprint density at radius 1 is 1.57 bits per heavy atom. The molecule has 0 aromatic carbocycles. The van der Waals surface area contributed by atoms with Gasteiger partial charge in [0.2, 0.25) is 0 Å². The number of ether oxygens (including phenoxy) is 1. The molecule has 0 spiro atoms. The Balaban J connectivity index is 0.00000264. The molecular weight excluding hydrogens is 409 g/mol. The van der Waals surface area contributed by atoms with Crippen LogP contribution in [0.4, 0.5) is 0 Å². The Kier molecular flexibility index (Phi) is 6.91. The molecule has 1 saturated carbocycles. The maximum atomic E-state index is 10.4. The Hall–Kier alpha value is -0.800. The molecule has 1 aromatic rings. The zero-order valence-electron chi connectivity index (χ0n) is 14.4. The maximum absolute atomic E-state index is 10.4. The van der Waals surface area contributed by atoms with Crippen LogP contribution in [0.5, 0.6) is 0 Å². The van der Waals surface area contributed by atoms with Gasteiger partial charge in [-0.1, -0.05) is 13.8 Å². The second-order valence-electron chi connectivity index (χ2n) is 6.66. The molecule has 132 valence electrons. The highest BCUT2D eigenvalue weighted by atomic mass is 127. The summed E-state index contributed by atoms with van der Waals surface area (Å²) in [5.41, 5.74) is -1.04. The van der Waals surface area contributed by atoms with E-state index in [9.17, 15) is 5.11 Å². The number of halogens is 1. The van der Waals surface area contributed by atoms with Crippen LogP contribution in [0.25, 0.3) is 0 Å². The predicted octanol–water partition coefficient (Wildman–Crippen LogP) is 2.08. The van der Waals surface area contributed by atoms with Gasteiger partial charge in [-0.25, -0.2) is 0 Å². The number of furan rings is 1. The third kappa shape index (κ3) is 4.39. The van der Waals surface area contributed by atoms with Crippen molar-refractivity contribution in [3.8, 4) is 0 Å². The maximum Gasteiger partial charge on any atom is 0.191 e. The molecule has 1 aromatic heterocycles. The molecular formula is C16H28IN3O3. The summed E-state index contributed by atoms with van der Waals surface area (Å²) in [4.78, 5) is 4.22. The second kappa shape index (κ2) is 7.85. The van der Waals surface area contributed by atoms with E-state index in [4.69, 9.17) is 9.15 Å². The van der Waals surface area contributed by atoms with Crippen molar-refractivity contribution in [1.82, 2.24) is 10.6 Å². The van der Waals surface area contributed by atoms with Crippen LogP contribution in [0.1, 0.15) is 33.0 Å². The van der Waals surface area contributed by atoms with Crippen molar-refractivity contribution in [2.24, 2.45) is 10.4 Å². The van der Waals surface area contributed by atoms with Crippen molar-refractivity contribution in [1.29, 1.82) is 0 Å². The van der Waals surface area contributed by atoms with Gasteiger partial charge >= 0.3 is 0 Å². The monoisotopic (exact) mass is 437 g/mol. The lowest BCUT2D eigenvalue weighted by Gasteiger charge is -2.51. The third-order valence-corrected chi connectivity index (χ3v) is 4.65. The average Bonchev–Trinajstić information content (AvgIpc) is 3.01. The lowest BCUT2D eigenvalue weighted by atomic mass is 9.64. The Morgan fingerprint density at radius 3 is 2.74 bits per heavy atom. The molecule has 1 aliphatic rings. The van der Waals surface area contributed by atoms with E-state index in [0.29, 0.717) is 18.3 Å². The van der Waals surface area contributed by atoms with Crippen LogP contribution >= 0.6 is 24.0 Å². The van der Waals surface area contributed by atoms with E-state index in [1.165, 1.54) is 0 Å². The number of hydrogen-bond acceptors (Lipinski definition) is 4. The largest absolute Gasteiger partial charge is 0.466 e. The van der Waals surface area contributed by atoms with Gasteiger partial charge in [-0.15, -0.1) is 24.0 Å². The van der Waals surface area contributed by atoms with Crippen molar-refractivity contribution in [3.63, 3.8) is 0 Å². The smallest absolute Gasteiger partial charge is 0.191 e. The SMILES string of the molecule is CN=C(NCC(C)(O)c1ccco1)NC1CC(OC)C1(C)C.I. The van der Waals surface area contributed by atoms with E-state index >= 15 is 0 Å². The van der Waals surface area contributed by atoms with E-state index in [1.54, 1.807) is 39.5 Å². The summed E-state index contributed by atoms with van der Waals surface area (Å²) in [6, 6.07) is 3.81. The molecule has 0 saturated heterocycles. The quantitative estimate of drug-likeness (QED) is 0.374. The van der Waals surface area contributed by atoms with Gasteiger partial charge in [-0.05, 0) is 25.5 Å². The van der Waals surface area contributed by atoms with E-state index in [1.807, 2.05) is 0 Å².